The predicted octanol–water partition coefficient (Wildman–Crippen LogP) is 4.96. The molecule has 0 radical (unpaired) electrons. The largest absolute Gasteiger partial charge is 0.438 e. The third-order valence-electron chi connectivity index (χ3n) is 3.75. The van der Waals surface area contributed by atoms with Crippen molar-refractivity contribution in [1.29, 1.82) is 0 Å². The summed E-state index contributed by atoms with van der Waals surface area (Å²) in [5, 5.41) is 2.54. The number of rotatable bonds is 5. The van der Waals surface area contributed by atoms with E-state index in [2.05, 4.69) is 10.3 Å². The summed E-state index contributed by atoms with van der Waals surface area (Å²) >= 11 is 0. The molecule has 144 valence electrons. The zero-order valence-electron chi connectivity index (χ0n) is 14.3. The number of ether oxygens (including phenoxy) is 1. The van der Waals surface area contributed by atoms with Gasteiger partial charge in [0.05, 0.1) is 5.56 Å². The molecular formula is C20H14F4N2O2. The van der Waals surface area contributed by atoms with Crippen LogP contribution in [0.3, 0.4) is 0 Å². The van der Waals surface area contributed by atoms with Crippen molar-refractivity contribution in [2.45, 2.75) is 12.7 Å². The number of aromatic nitrogens is 1. The maximum absolute atomic E-state index is 13.0. The van der Waals surface area contributed by atoms with E-state index in [1.807, 2.05) is 0 Å². The van der Waals surface area contributed by atoms with Gasteiger partial charge in [0.1, 0.15) is 17.1 Å². The lowest BCUT2D eigenvalue weighted by Crippen LogP contribution is -2.24. The fourth-order valence-corrected chi connectivity index (χ4v) is 2.34. The summed E-state index contributed by atoms with van der Waals surface area (Å²) in [4.78, 5) is 16.1. The van der Waals surface area contributed by atoms with Crippen molar-refractivity contribution in [2.75, 3.05) is 0 Å². The highest BCUT2D eigenvalue weighted by molar-refractivity contribution is 5.96. The minimum atomic E-state index is -4.67. The molecular weight excluding hydrogens is 376 g/mol. The molecule has 0 atom stereocenters. The third-order valence-corrected chi connectivity index (χ3v) is 3.75. The van der Waals surface area contributed by atoms with Crippen LogP contribution in [-0.2, 0) is 12.7 Å². The molecule has 0 saturated heterocycles. The average molecular weight is 390 g/mol. The van der Waals surface area contributed by atoms with Gasteiger partial charge in [0.15, 0.2) is 0 Å². The topological polar surface area (TPSA) is 51.2 Å². The van der Waals surface area contributed by atoms with Crippen LogP contribution < -0.4 is 10.1 Å². The highest BCUT2D eigenvalue weighted by Crippen LogP contribution is 2.32. The molecule has 1 aromatic heterocycles. The van der Waals surface area contributed by atoms with E-state index < -0.39 is 23.5 Å². The van der Waals surface area contributed by atoms with Gasteiger partial charge < -0.3 is 10.1 Å². The van der Waals surface area contributed by atoms with Gasteiger partial charge in [-0.05, 0) is 35.9 Å². The average Bonchev–Trinajstić information content (AvgIpc) is 2.68. The van der Waals surface area contributed by atoms with Crippen LogP contribution in [0.25, 0.3) is 0 Å². The van der Waals surface area contributed by atoms with Crippen LogP contribution in [0.2, 0.25) is 0 Å². The number of hydrogen-bond donors (Lipinski definition) is 1. The van der Waals surface area contributed by atoms with Crippen LogP contribution in [0, 0.1) is 5.82 Å². The van der Waals surface area contributed by atoms with E-state index in [1.165, 1.54) is 12.1 Å². The smallest absolute Gasteiger partial charge is 0.417 e. The van der Waals surface area contributed by atoms with E-state index in [9.17, 15) is 22.4 Å². The van der Waals surface area contributed by atoms with Crippen molar-refractivity contribution in [2.24, 2.45) is 0 Å². The van der Waals surface area contributed by atoms with Crippen LogP contribution in [0.4, 0.5) is 17.6 Å². The molecule has 4 nitrogen and oxygen atoms in total. The number of carbonyl (C=O) groups excluding carboxylic acids is 1. The summed E-state index contributed by atoms with van der Waals surface area (Å²) in [5.74, 6) is -1.47. The fraction of sp³-hybridized carbons (Fsp3) is 0.100. The highest BCUT2D eigenvalue weighted by Gasteiger charge is 2.33. The molecule has 0 spiro atoms. The lowest BCUT2D eigenvalue weighted by atomic mass is 10.1. The van der Waals surface area contributed by atoms with Crippen molar-refractivity contribution >= 4 is 5.91 Å². The SMILES string of the molecule is O=C(NCc1ccccc1)c1cc(C(F)(F)F)cnc1Oc1ccc(F)cc1. The van der Waals surface area contributed by atoms with Crippen molar-refractivity contribution in [3.05, 3.63) is 89.4 Å². The monoisotopic (exact) mass is 390 g/mol. The zero-order chi connectivity index (χ0) is 20.1. The molecule has 1 heterocycles. The van der Waals surface area contributed by atoms with E-state index in [-0.39, 0.29) is 23.7 Å². The number of nitrogens with zero attached hydrogens (tertiary/aromatic N) is 1. The molecule has 28 heavy (non-hydrogen) atoms. The second-order valence-corrected chi connectivity index (χ2v) is 5.80. The number of amides is 1. The Labute approximate surface area is 157 Å². The van der Waals surface area contributed by atoms with Gasteiger partial charge in [-0.15, -0.1) is 0 Å². The Morgan fingerprint density at radius 1 is 1.04 bits per heavy atom. The summed E-state index contributed by atoms with van der Waals surface area (Å²) in [6, 6.07) is 14.3. The molecule has 0 bridgehead atoms. The molecule has 3 rings (SSSR count). The summed E-state index contributed by atoms with van der Waals surface area (Å²) < 4.78 is 57.5. The Bertz CT molecular complexity index is 958. The third kappa shape index (κ3) is 4.85. The fourth-order valence-electron chi connectivity index (χ4n) is 2.34. The lowest BCUT2D eigenvalue weighted by Gasteiger charge is -2.13. The molecule has 0 aliphatic rings. The second kappa shape index (κ2) is 8.08. The maximum Gasteiger partial charge on any atom is 0.417 e. The van der Waals surface area contributed by atoms with Gasteiger partial charge >= 0.3 is 6.18 Å². The minimum absolute atomic E-state index is 0.117. The maximum atomic E-state index is 13.0. The lowest BCUT2D eigenvalue weighted by molar-refractivity contribution is -0.137. The Hall–Kier alpha value is -3.42. The van der Waals surface area contributed by atoms with E-state index >= 15 is 0 Å². The normalized spacial score (nSPS) is 11.1. The van der Waals surface area contributed by atoms with E-state index in [0.717, 1.165) is 17.7 Å². The summed E-state index contributed by atoms with van der Waals surface area (Å²) in [6.45, 7) is 0.117. The number of alkyl halides is 3. The first-order valence-electron chi connectivity index (χ1n) is 8.16. The van der Waals surface area contributed by atoms with Crippen molar-refractivity contribution in [1.82, 2.24) is 10.3 Å². The summed E-state index contributed by atoms with van der Waals surface area (Å²) in [6.07, 6.45) is -4.09. The quantitative estimate of drug-likeness (QED) is 0.627. The van der Waals surface area contributed by atoms with Gasteiger partial charge in [-0.3, -0.25) is 4.79 Å². The Balaban J connectivity index is 1.88. The zero-order valence-corrected chi connectivity index (χ0v) is 14.3. The van der Waals surface area contributed by atoms with Gasteiger partial charge in [0, 0.05) is 12.7 Å². The second-order valence-electron chi connectivity index (χ2n) is 5.80. The molecule has 8 heteroatoms. The van der Waals surface area contributed by atoms with Crippen molar-refractivity contribution in [3.63, 3.8) is 0 Å². The summed E-state index contributed by atoms with van der Waals surface area (Å²) in [5.41, 5.74) is -0.685. The van der Waals surface area contributed by atoms with Crippen molar-refractivity contribution < 1.29 is 27.1 Å². The van der Waals surface area contributed by atoms with Crippen LogP contribution in [0.5, 0.6) is 11.6 Å². The molecule has 0 saturated carbocycles. The van der Waals surface area contributed by atoms with E-state index in [0.29, 0.717) is 12.3 Å². The Kier molecular flexibility index (Phi) is 5.58. The first kappa shape index (κ1) is 19.3. The van der Waals surface area contributed by atoms with Gasteiger partial charge in [-0.1, -0.05) is 30.3 Å². The number of benzene rings is 2. The molecule has 1 N–H and O–H groups in total. The Morgan fingerprint density at radius 2 is 1.71 bits per heavy atom. The molecule has 2 aromatic carbocycles. The minimum Gasteiger partial charge on any atom is -0.438 e. The first-order chi connectivity index (χ1) is 13.3. The van der Waals surface area contributed by atoms with Crippen LogP contribution in [0.1, 0.15) is 21.5 Å². The molecule has 1 amide bonds. The number of nitrogens with one attached hydrogen (secondary N) is 1. The highest BCUT2D eigenvalue weighted by atomic mass is 19.4. The van der Waals surface area contributed by atoms with E-state index in [4.69, 9.17) is 4.74 Å². The number of carbonyl (C=O) groups is 1. The first-order valence-corrected chi connectivity index (χ1v) is 8.16. The number of hydrogen-bond acceptors (Lipinski definition) is 3. The molecule has 3 aromatic rings. The predicted molar refractivity (Wildman–Crippen MR) is 93.3 cm³/mol. The molecule has 0 aliphatic heterocycles. The van der Waals surface area contributed by atoms with Gasteiger partial charge in [-0.25, -0.2) is 9.37 Å². The number of pyridine rings is 1. The molecule has 0 unspecified atom stereocenters. The van der Waals surface area contributed by atoms with Gasteiger partial charge in [-0.2, -0.15) is 13.2 Å². The number of halogens is 4. The van der Waals surface area contributed by atoms with Crippen LogP contribution in [-0.4, -0.2) is 10.9 Å². The van der Waals surface area contributed by atoms with Crippen molar-refractivity contribution in [3.8, 4) is 11.6 Å². The van der Waals surface area contributed by atoms with Gasteiger partial charge in [0.25, 0.3) is 5.91 Å². The van der Waals surface area contributed by atoms with Crippen LogP contribution >= 0.6 is 0 Å². The molecule has 0 fully saturated rings. The molecule has 0 aliphatic carbocycles. The van der Waals surface area contributed by atoms with Crippen LogP contribution in [0.15, 0.2) is 66.9 Å². The standard InChI is InChI=1S/C20H14F4N2O2/c21-15-6-8-16(9-7-15)28-19-17(10-14(12-26-19)20(22,23)24)18(27)25-11-13-4-2-1-3-5-13/h1-10,12H,11H2,(H,25,27). The van der Waals surface area contributed by atoms with E-state index in [1.54, 1.807) is 30.3 Å². The summed E-state index contributed by atoms with van der Waals surface area (Å²) in [7, 11) is 0. The van der Waals surface area contributed by atoms with Gasteiger partial charge in [0.2, 0.25) is 5.88 Å². The Morgan fingerprint density at radius 3 is 2.36 bits per heavy atom.